The predicted molar refractivity (Wildman–Crippen MR) is 66.3 cm³/mol. The molecule has 0 heterocycles. The van der Waals surface area contributed by atoms with Crippen molar-refractivity contribution in [1.29, 1.82) is 0 Å². The third-order valence-corrected chi connectivity index (χ3v) is 2.39. The van der Waals surface area contributed by atoms with Crippen LogP contribution in [0.5, 0.6) is 0 Å². The molecule has 0 saturated heterocycles. The van der Waals surface area contributed by atoms with Crippen molar-refractivity contribution in [2.75, 3.05) is 11.9 Å². The highest BCUT2D eigenvalue weighted by Gasteiger charge is 2.08. The van der Waals surface area contributed by atoms with Gasteiger partial charge >= 0.3 is 5.97 Å². The molecule has 0 radical (unpaired) electrons. The van der Waals surface area contributed by atoms with E-state index in [0.29, 0.717) is 0 Å². The summed E-state index contributed by atoms with van der Waals surface area (Å²) >= 11 is 5.83. The van der Waals surface area contributed by atoms with Gasteiger partial charge in [-0.1, -0.05) is 23.8 Å². The highest BCUT2D eigenvalue weighted by molar-refractivity contribution is 6.33. The van der Waals surface area contributed by atoms with Gasteiger partial charge in [0, 0.05) is 12.2 Å². The summed E-state index contributed by atoms with van der Waals surface area (Å²) < 4.78 is 0. The maximum atomic E-state index is 10.7. The molecule has 4 heteroatoms. The lowest BCUT2D eigenvalue weighted by molar-refractivity contribution is 0.0697. The standard InChI is InChI=1S/C12H14ClNO2/c1-2-3-4-7-14-9-5-6-10(12(15)16)11(13)8-9/h2-3,5-6,8,14H,4,7H2,1H3,(H,15,16)/b3-2+. The van der Waals surface area contributed by atoms with Crippen LogP contribution in [0.25, 0.3) is 0 Å². The number of benzene rings is 1. The van der Waals surface area contributed by atoms with Gasteiger partial charge in [0.2, 0.25) is 0 Å². The predicted octanol–water partition coefficient (Wildman–Crippen LogP) is 3.42. The highest BCUT2D eigenvalue weighted by atomic mass is 35.5. The van der Waals surface area contributed by atoms with Crippen LogP contribution in [0.3, 0.4) is 0 Å². The number of aromatic carboxylic acids is 1. The first-order valence-corrected chi connectivity index (χ1v) is 5.41. The molecule has 0 spiro atoms. The SMILES string of the molecule is C/C=C/CCNc1ccc(C(=O)O)c(Cl)c1. The summed E-state index contributed by atoms with van der Waals surface area (Å²) in [7, 11) is 0. The Kier molecular flexibility index (Phi) is 4.86. The van der Waals surface area contributed by atoms with Gasteiger partial charge in [0.05, 0.1) is 10.6 Å². The van der Waals surface area contributed by atoms with E-state index >= 15 is 0 Å². The third kappa shape index (κ3) is 3.59. The zero-order valence-electron chi connectivity index (χ0n) is 9.03. The van der Waals surface area contributed by atoms with Crippen molar-refractivity contribution in [3.63, 3.8) is 0 Å². The van der Waals surface area contributed by atoms with Gasteiger partial charge in [0.25, 0.3) is 0 Å². The van der Waals surface area contributed by atoms with Crippen molar-refractivity contribution in [3.8, 4) is 0 Å². The molecule has 0 atom stereocenters. The van der Waals surface area contributed by atoms with Crippen LogP contribution in [0.1, 0.15) is 23.7 Å². The zero-order chi connectivity index (χ0) is 12.0. The number of allylic oxidation sites excluding steroid dienone is 1. The molecule has 1 aromatic rings. The van der Waals surface area contributed by atoms with Gasteiger partial charge in [-0.05, 0) is 31.5 Å². The van der Waals surface area contributed by atoms with Crippen LogP contribution >= 0.6 is 11.6 Å². The minimum Gasteiger partial charge on any atom is -0.478 e. The molecule has 0 aromatic heterocycles. The minimum atomic E-state index is -1.01. The van der Waals surface area contributed by atoms with E-state index < -0.39 is 5.97 Å². The third-order valence-electron chi connectivity index (χ3n) is 2.08. The molecule has 0 bridgehead atoms. The average molecular weight is 240 g/mol. The second kappa shape index (κ2) is 6.18. The van der Waals surface area contributed by atoms with Crippen LogP contribution in [-0.4, -0.2) is 17.6 Å². The molecule has 0 unspecified atom stereocenters. The Labute approximate surface area is 99.7 Å². The molecule has 3 nitrogen and oxygen atoms in total. The summed E-state index contributed by atoms with van der Waals surface area (Å²) in [5.41, 5.74) is 0.958. The first-order valence-electron chi connectivity index (χ1n) is 5.03. The first-order chi connectivity index (χ1) is 7.65. The molecule has 0 amide bonds. The maximum absolute atomic E-state index is 10.7. The second-order valence-electron chi connectivity index (χ2n) is 3.28. The van der Waals surface area contributed by atoms with E-state index in [9.17, 15) is 4.79 Å². The number of anilines is 1. The maximum Gasteiger partial charge on any atom is 0.337 e. The Morgan fingerprint density at radius 3 is 2.88 bits per heavy atom. The second-order valence-corrected chi connectivity index (χ2v) is 3.69. The van der Waals surface area contributed by atoms with Gasteiger partial charge in [-0.15, -0.1) is 0 Å². The van der Waals surface area contributed by atoms with Crippen molar-refractivity contribution >= 4 is 23.3 Å². The summed E-state index contributed by atoms with van der Waals surface area (Å²) in [5, 5.41) is 12.2. The number of halogens is 1. The van der Waals surface area contributed by atoms with Crippen molar-refractivity contribution in [2.24, 2.45) is 0 Å². The van der Waals surface area contributed by atoms with Crippen LogP contribution in [0.4, 0.5) is 5.69 Å². The lowest BCUT2D eigenvalue weighted by Gasteiger charge is -2.06. The van der Waals surface area contributed by atoms with E-state index in [0.717, 1.165) is 18.7 Å². The van der Waals surface area contributed by atoms with Gasteiger partial charge in [0.15, 0.2) is 0 Å². The van der Waals surface area contributed by atoms with Crippen molar-refractivity contribution in [3.05, 3.63) is 40.9 Å². The Balaban J connectivity index is 2.63. The smallest absolute Gasteiger partial charge is 0.337 e. The zero-order valence-corrected chi connectivity index (χ0v) is 9.79. The largest absolute Gasteiger partial charge is 0.478 e. The molecule has 16 heavy (non-hydrogen) atoms. The van der Waals surface area contributed by atoms with Crippen LogP contribution in [0.2, 0.25) is 5.02 Å². The fraction of sp³-hybridized carbons (Fsp3) is 0.250. The Hall–Kier alpha value is -1.48. The Bertz CT molecular complexity index is 402. The van der Waals surface area contributed by atoms with Gasteiger partial charge in [-0.25, -0.2) is 4.79 Å². The number of rotatable bonds is 5. The summed E-state index contributed by atoms with van der Waals surface area (Å²) in [6.45, 7) is 2.77. The summed E-state index contributed by atoms with van der Waals surface area (Å²) in [4.78, 5) is 10.7. The fourth-order valence-electron chi connectivity index (χ4n) is 1.27. The molecule has 0 aliphatic carbocycles. The molecule has 0 fully saturated rings. The Morgan fingerprint density at radius 1 is 1.56 bits per heavy atom. The van der Waals surface area contributed by atoms with Gasteiger partial charge in [0.1, 0.15) is 0 Å². The highest BCUT2D eigenvalue weighted by Crippen LogP contribution is 2.20. The fourth-order valence-corrected chi connectivity index (χ4v) is 1.53. The molecule has 1 aromatic carbocycles. The number of hydrogen-bond donors (Lipinski definition) is 2. The molecule has 0 aliphatic heterocycles. The van der Waals surface area contributed by atoms with E-state index in [-0.39, 0.29) is 10.6 Å². The topological polar surface area (TPSA) is 49.3 Å². The normalized spacial score (nSPS) is 10.6. The van der Waals surface area contributed by atoms with E-state index in [2.05, 4.69) is 11.4 Å². The summed E-state index contributed by atoms with van der Waals surface area (Å²) in [6.07, 6.45) is 4.97. The Morgan fingerprint density at radius 2 is 2.31 bits per heavy atom. The number of hydrogen-bond acceptors (Lipinski definition) is 2. The van der Waals surface area contributed by atoms with Crippen molar-refractivity contribution < 1.29 is 9.90 Å². The van der Waals surface area contributed by atoms with Crippen LogP contribution < -0.4 is 5.32 Å². The molecule has 1 rings (SSSR count). The number of carboxylic acid groups (broad SMARTS) is 1. The van der Waals surface area contributed by atoms with Crippen molar-refractivity contribution in [1.82, 2.24) is 0 Å². The van der Waals surface area contributed by atoms with Gasteiger partial charge in [-0.2, -0.15) is 0 Å². The van der Waals surface area contributed by atoms with Gasteiger partial charge < -0.3 is 10.4 Å². The molecule has 2 N–H and O–H groups in total. The number of carbonyl (C=O) groups is 1. The molecular formula is C12H14ClNO2. The van der Waals surface area contributed by atoms with E-state index in [1.807, 2.05) is 13.0 Å². The summed E-state index contributed by atoms with van der Waals surface area (Å²) in [6, 6.07) is 4.84. The van der Waals surface area contributed by atoms with Crippen molar-refractivity contribution in [2.45, 2.75) is 13.3 Å². The number of carboxylic acids is 1. The van der Waals surface area contributed by atoms with Crippen LogP contribution in [0.15, 0.2) is 30.4 Å². The molecule has 0 aliphatic rings. The average Bonchev–Trinajstić information content (AvgIpc) is 2.24. The van der Waals surface area contributed by atoms with E-state index in [4.69, 9.17) is 16.7 Å². The van der Waals surface area contributed by atoms with E-state index in [1.165, 1.54) is 6.07 Å². The van der Waals surface area contributed by atoms with Crippen LogP contribution in [0, 0.1) is 0 Å². The lowest BCUT2D eigenvalue weighted by Crippen LogP contribution is -2.02. The van der Waals surface area contributed by atoms with Gasteiger partial charge in [-0.3, -0.25) is 0 Å². The molecule has 0 saturated carbocycles. The van der Waals surface area contributed by atoms with Crippen LogP contribution in [-0.2, 0) is 0 Å². The number of nitrogens with one attached hydrogen (secondary N) is 1. The first kappa shape index (κ1) is 12.6. The quantitative estimate of drug-likeness (QED) is 0.612. The minimum absolute atomic E-state index is 0.126. The summed E-state index contributed by atoms with van der Waals surface area (Å²) in [5.74, 6) is -1.01. The van der Waals surface area contributed by atoms with E-state index in [1.54, 1.807) is 12.1 Å². The monoisotopic (exact) mass is 239 g/mol. The molecule has 86 valence electrons. The molecular weight excluding hydrogens is 226 g/mol. The lowest BCUT2D eigenvalue weighted by atomic mass is 10.2.